The van der Waals surface area contributed by atoms with Gasteiger partial charge in [0.15, 0.2) is 0 Å². The third-order valence-corrected chi connectivity index (χ3v) is 5.02. The second-order valence-electron chi connectivity index (χ2n) is 6.82. The molecule has 0 saturated carbocycles. The topological polar surface area (TPSA) is 61.9 Å². The summed E-state index contributed by atoms with van der Waals surface area (Å²) in [6.45, 7) is 2.64. The summed E-state index contributed by atoms with van der Waals surface area (Å²) in [6, 6.07) is 12.9. The SMILES string of the molecule is O=C(CN1CCCN(C(=O)OCc2ccccc2Cl)CC1)Nc1ccc(F)cc1. The molecule has 3 rings (SSSR count). The Hall–Kier alpha value is -2.64. The van der Waals surface area contributed by atoms with E-state index in [-0.39, 0.29) is 31.0 Å². The first-order chi connectivity index (χ1) is 14.0. The maximum Gasteiger partial charge on any atom is 0.410 e. The molecule has 1 N–H and O–H groups in total. The largest absolute Gasteiger partial charge is 0.444 e. The Labute approximate surface area is 174 Å². The minimum atomic E-state index is -0.387. The van der Waals surface area contributed by atoms with Crippen molar-refractivity contribution in [2.24, 2.45) is 0 Å². The van der Waals surface area contributed by atoms with Crippen molar-refractivity contribution in [3.05, 3.63) is 64.9 Å². The number of rotatable bonds is 5. The van der Waals surface area contributed by atoms with E-state index in [4.69, 9.17) is 16.3 Å². The number of hydrogen-bond acceptors (Lipinski definition) is 4. The van der Waals surface area contributed by atoms with Gasteiger partial charge in [-0.25, -0.2) is 9.18 Å². The summed E-state index contributed by atoms with van der Waals surface area (Å²) in [7, 11) is 0. The molecule has 0 aliphatic carbocycles. The first-order valence-electron chi connectivity index (χ1n) is 9.44. The first-order valence-corrected chi connectivity index (χ1v) is 9.82. The van der Waals surface area contributed by atoms with Crippen LogP contribution in [0.5, 0.6) is 0 Å². The van der Waals surface area contributed by atoms with Crippen LogP contribution >= 0.6 is 11.6 Å². The molecule has 2 amide bonds. The van der Waals surface area contributed by atoms with Crippen molar-refractivity contribution in [2.75, 3.05) is 38.0 Å². The van der Waals surface area contributed by atoms with E-state index >= 15 is 0 Å². The van der Waals surface area contributed by atoms with Gasteiger partial charge in [-0.1, -0.05) is 29.8 Å². The average molecular weight is 420 g/mol. The van der Waals surface area contributed by atoms with Crippen LogP contribution in [-0.2, 0) is 16.1 Å². The predicted octanol–water partition coefficient (Wildman–Crippen LogP) is 3.76. The summed E-state index contributed by atoms with van der Waals surface area (Å²) >= 11 is 6.08. The van der Waals surface area contributed by atoms with Crippen molar-refractivity contribution in [1.82, 2.24) is 9.80 Å². The van der Waals surface area contributed by atoms with Crippen molar-refractivity contribution < 1.29 is 18.7 Å². The fourth-order valence-electron chi connectivity index (χ4n) is 3.09. The average Bonchev–Trinajstić information content (AvgIpc) is 2.94. The van der Waals surface area contributed by atoms with Gasteiger partial charge in [-0.05, 0) is 36.8 Å². The maximum absolute atomic E-state index is 12.9. The molecule has 154 valence electrons. The number of carbonyl (C=O) groups excluding carboxylic acids is 2. The quantitative estimate of drug-likeness (QED) is 0.801. The van der Waals surface area contributed by atoms with Crippen molar-refractivity contribution in [1.29, 1.82) is 0 Å². The lowest BCUT2D eigenvalue weighted by Gasteiger charge is -2.21. The highest BCUT2D eigenvalue weighted by atomic mass is 35.5. The summed E-state index contributed by atoms with van der Waals surface area (Å²) < 4.78 is 18.3. The van der Waals surface area contributed by atoms with E-state index in [1.165, 1.54) is 24.3 Å². The van der Waals surface area contributed by atoms with E-state index < -0.39 is 0 Å². The van der Waals surface area contributed by atoms with Gasteiger partial charge in [-0.15, -0.1) is 0 Å². The number of nitrogens with zero attached hydrogens (tertiary/aromatic N) is 2. The Kier molecular flexibility index (Phi) is 7.43. The molecule has 0 spiro atoms. The molecule has 0 aromatic heterocycles. The van der Waals surface area contributed by atoms with E-state index in [2.05, 4.69) is 5.32 Å². The van der Waals surface area contributed by atoms with Gasteiger partial charge >= 0.3 is 6.09 Å². The minimum absolute atomic E-state index is 0.124. The molecule has 1 heterocycles. The fourth-order valence-corrected chi connectivity index (χ4v) is 3.28. The van der Waals surface area contributed by atoms with E-state index in [1.807, 2.05) is 23.1 Å². The number of ether oxygens (including phenoxy) is 1. The van der Waals surface area contributed by atoms with Crippen LogP contribution in [0.15, 0.2) is 48.5 Å². The van der Waals surface area contributed by atoms with Crippen LogP contribution in [-0.4, -0.2) is 54.5 Å². The van der Waals surface area contributed by atoms with E-state index in [1.54, 1.807) is 11.0 Å². The minimum Gasteiger partial charge on any atom is -0.444 e. The summed E-state index contributed by atoms with van der Waals surface area (Å²) in [5.41, 5.74) is 1.31. The maximum atomic E-state index is 12.9. The van der Waals surface area contributed by atoms with Crippen LogP contribution in [0.4, 0.5) is 14.9 Å². The van der Waals surface area contributed by atoms with Gasteiger partial charge in [-0.2, -0.15) is 0 Å². The Morgan fingerprint density at radius 3 is 2.55 bits per heavy atom. The molecule has 1 fully saturated rings. The molecule has 1 aliphatic rings. The second-order valence-corrected chi connectivity index (χ2v) is 7.23. The molecule has 2 aromatic rings. The molecule has 8 heteroatoms. The van der Waals surface area contributed by atoms with Crippen LogP contribution in [0.25, 0.3) is 0 Å². The highest BCUT2D eigenvalue weighted by Gasteiger charge is 2.21. The van der Waals surface area contributed by atoms with Crippen LogP contribution in [0.3, 0.4) is 0 Å². The number of benzene rings is 2. The van der Waals surface area contributed by atoms with Crippen LogP contribution in [0.1, 0.15) is 12.0 Å². The van der Waals surface area contributed by atoms with Gasteiger partial charge in [0.2, 0.25) is 5.91 Å². The number of hydrogen-bond donors (Lipinski definition) is 1. The van der Waals surface area contributed by atoms with Crippen molar-refractivity contribution in [3.8, 4) is 0 Å². The predicted molar refractivity (Wildman–Crippen MR) is 109 cm³/mol. The number of carbonyl (C=O) groups is 2. The Morgan fingerprint density at radius 2 is 1.79 bits per heavy atom. The van der Waals surface area contributed by atoms with Crippen LogP contribution in [0.2, 0.25) is 5.02 Å². The molecule has 6 nitrogen and oxygen atoms in total. The molecule has 0 atom stereocenters. The van der Waals surface area contributed by atoms with E-state index in [0.29, 0.717) is 36.9 Å². The molecule has 1 aliphatic heterocycles. The highest BCUT2D eigenvalue weighted by Crippen LogP contribution is 2.16. The zero-order chi connectivity index (χ0) is 20.6. The van der Waals surface area contributed by atoms with Gasteiger partial charge < -0.3 is 15.0 Å². The number of amides is 2. The molecular weight excluding hydrogens is 397 g/mol. The highest BCUT2D eigenvalue weighted by molar-refractivity contribution is 6.31. The van der Waals surface area contributed by atoms with Gasteiger partial charge in [0.05, 0.1) is 6.54 Å². The standard InChI is InChI=1S/C21H23ClFN3O3/c22-19-5-2-1-4-16(19)15-29-21(28)26-11-3-10-25(12-13-26)14-20(27)24-18-8-6-17(23)7-9-18/h1-2,4-9H,3,10-15H2,(H,24,27). The Balaban J connectivity index is 1.44. The van der Waals surface area contributed by atoms with Crippen LogP contribution < -0.4 is 5.32 Å². The summed E-state index contributed by atoms with van der Waals surface area (Å²) in [6.07, 6.45) is 0.355. The molecule has 29 heavy (non-hydrogen) atoms. The molecular formula is C21H23ClFN3O3. The molecule has 0 radical (unpaired) electrons. The lowest BCUT2D eigenvalue weighted by atomic mass is 10.2. The summed E-state index contributed by atoms with van der Waals surface area (Å²) in [5, 5.41) is 3.31. The fraction of sp³-hybridized carbons (Fsp3) is 0.333. The molecule has 0 unspecified atom stereocenters. The van der Waals surface area contributed by atoms with E-state index in [9.17, 15) is 14.0 Å². The lowest BCUT2D eigenvalue weighted by molar-refractivity contribution is -0.117. The number of halogens is 2. The monoisotopic (exact) mass is 419 g/mol. The van der Waals surface area contributed by atoms with Crippen molar-refractivity contribution in [3.63, 3.8) is 0 Å². The number of nitrogens with one attached hydrogen (secondary N) is 1. The first kappa shape index (κ1) is 21.1. The van der Waals surface area contributed by atoms with Gasteiger partial charge in [-0.3, -0.25) is 9.69 Å². The Morgan fingerprint density at radius 1 is 1.03 bits per heavy atom. The second kappa shape index (κ2) is 10.2. The third kappa shape index (κ3) is 6.44. The normalized spacial score (nSPS) is 14.9. The summed E-state index contributed by atoms with van der Waals surface area (Å²) in [5.74, 6) is -0.525. The molecule has 2 aromatic carbocycles. The van der Waals surface area contributed by atoms with Crippen molar-refractivity contribution in [2.45, 2.75) is 13.0 Å². The van der Waals surface area contributed by atoms with Gasteiger partial charge in [0.1, 0.15) is 12.4 Å². The summed E-state index contributed by atoms with van der Waals surface area (Å²) in [4.78, 5) is 28.2. The Bertz CT molecular complexity index is 847. The molecule has 1 saturated heterocycles. The number of anilines is 1. The zero-order valence-electron chi connectivity index (χ0n) is 15.9. The van der Waals surface area contributed by atoms with E-state index in [0.717, 1.165) is 12.0 Å². The smallest absolute Gasteiger partial charge is 0.410 e. The van der Waals surface area contributed by atoms with Gasteiger partial charge in [0.25, 0.3) is 0 Å². The third-order valence-electron chi connectivity index (χ3n) is 4.65. The van der Waals surface area contributed by atoms with Gasteiger partial charge in [0, 0.05) is 42.5 Å². The molecule has 0 bridgehead atoms. The zero-order valence-corrected chi connectivity index (χ0v) is 16.7. The lowest BCUT2D eigenvalue weighted by Crippen LogP contribution is -2.38. The van der Waals surface area contributed by atoms with Crippen molar-refractivity contribution >= 4 is 29.3 Å². The van der Waals surface area contributed by atoms with Crippen LogP contribution in [0, 0.1) is 5.82 Å².